The van der Waals surface area contributed by atoms with Gasteiger partial charge in [-0.15, -0.1) is 0 Å². The Bertz CT molecular complexity index is 1220. The highest BCUT2D eigenvalue weighted by Crippen LogP contribution is 2.42. The molecule has 1 aromatic carbocycles. The third-order valence-corrected chi connectivity index (χ3v) is 8.33. The van der Waals surface area contributed by atoms with E-state index in [1.807, 2.05) is 20.2 Å². The zero-order chi connectivity index (χ0) is 23.3. The fourth-order valence-corrected chi connectivity index (χ4v) is 6.15. The Balaban J connectivity index is 1.48. The Hall–Kier alpha value is -2.33. The Kier molecular flexibility index (Phi) is 5.98. The van der Waals surface area contributed by atoms with Crippen LogP contribution in [0.2, 0.25) is 0 Å². The highest BCUT2D eigenvalue weighted by Gasteiger charge is 2.28. The smallest absolute Gasteiger partial charge is 0.253 e. The summed E-state index contributed by atoms with van der Waals surface area (Å²) in [4.78, 5) is 16.2. The molecule has 2 aromatic heterocycles. The number of aromatic amines is 1. The second-order valence-corrected chi connectivity index (χ2v) is 10.9. The molecule has 1 aliphatic heterocycles. The number of aryl methyl sites for hydroxylation is 1. The van der Waals surface area contributed by atoms with E-state index in [4.69, 9.17) is 4.74 Å². The summed E-state index contributed by atoms with van der Waals surface area (Å²) < 4.78 is 7.09. The molecule has 1 saturated carbocycles. The highest BCUT2D eigenvalue weighted by atomic mass is 16.5. The van der Waals surface area contributed by atoms with E-state index in [0.717, 1.165) is 41.7 Å². The van der Waals surface area contributed by atoms with Crippen molar-refractivity contribution in [2.24, 2.45) is 18.9 Å². The summed E-state index contributed by atoms with van der Waals surface area (Å²) in [6, 6.07) is 7.08. The van der Waals surface area contributed by atoms with E-state index in [1.54, 1.807) is 4.57 Å². The molecule has 1 N–H and O–H groups in total. The number of benzene rings is 1. The summed E-state index contributed by atoms with van der Waals surface area (Å²) in [5.74, 6) is 2.77. The number of nitrogens with zero attached hydrogens (tertiary/aromatic N) is 1. The summed E-state index contributed by atoms with van der Waals surface area (Å²) in [7, 11) is 1.85. The normalized spacial score (nSPS) is 21.6. The molecule has 4 nitrogen and oxygen atoms in total. The van der Waals surface area contributed by atoms with E-state index in [0.29, 0.717) is 11.8 Å². The van der Waals surface area contributed by atoms with Crippen LogP contribution in [0.15, 0.2) is 29.2 Å². The van der Waals surface area contributed by atoms with E-state index in [9.17, 15) is 4.79 Å². The number of H-pyrrole nitrogens is 1. The van der Waals surface area contributed by atoms with Crippen molar-refractivity contribution in [3.63, 3.8) is 0 Å². The van der Waals surface area contributed by atoms with Gasteiger partial charge in [-0.2, -0.15) is 0 Å². The summed E-state index contributed by atoms with van der Waals surface area (Å²) in [5.41, 5.74) is 8.34. The molecular weight excluding hydrogens is 408 g/mol. The van der Waals surface area contributed by atoms with Gasteiger partial charge in [0.2, 0.25) is 0 Å². The number of hydrogen-bond acceptors (Lipinski definition) is 2. The standard InChI is InChI=1S/C29H38N2O2/c1-17(2)27-24-13-23(22-8-6-20(7-9-22)12-21-15-33-16-21)10-11-26(24)30-28(27)25-14-31(5)29(32)19(4)18(25)3/h10-11,13-14,17,20-22,30H,6-9,12,15-16H2,1-5H3. The number of nitrogens with one attached hydrogen (secondary N) is 1. The van der Waals surface area contributed by atoms with Crippen LogP contribution in [-0.4, -0.2) is 22.8 Å². The lowest BCUT2D eigenvalue weighted by Crippen LogP contribution is -2.30. The minimum atomic E-state index is 0.0844. The lowest BCUT2D eigenvalue weighted by Gasteiger charge is -2.34. The van der Waals surface area contributed by atoms with Gasteiger partial charge in [0.1, 0.15) is 0 Å². The van der Waals surface area contributed by atoms with E-state index in [1.165, 1.54) is 59.8 Å². The maximum Gasteiger partial charge on any atom is 0.253 e. The summed E-state index contributed by atoms with van der Waals surface area (Å²) in [5, 5.41) is 1.34. The van der Waals surface area contributed by atoms with Gasteiger partial charge in [0.25, 0.3) is 5.56 Å². The number of fused-ring (bicyclic) bond motifs is 1. The van der Waals surface area contributed by atoms with Crippen LogP contribution in [0.1, 0.15) is 80.0 Å². The van der Waals surface area contributed by atoms with Crippen LogP contribution in [0.4, 0.5) is 0 Å². The van der Waals surface area contributed by atoms with Crippen LogP contribution < -0.4 is 5.56 Å². The van der Waals surface area contributed by atoms with Gasteiger partial charge >= 0.3 is 0 Å². The molecule has 0 atom stereocenters. The molecule has 1 saturated heterocycles. The fourth-order valence-electron chi connectivity index (χ4n) is 6.15. The first-order valence-electron chi connectivity index (χ1n) is 12.7. The van der Waals surface area contributed by atoms with Crippen molar-refractivity contribution >= 4 is 10.9 Å². The van der Waals surface area contributed by atoms with Crippen LogP contribution in [0.3, 0.4) is 0 Å². The largest absolute Gasteiger partial charge is 0.381 e. The van der Waals surface area contributed by atoms with Crippen molar-refractivity contribution in [1.82, 2.24) is 9.55 Å². The monoisotopic (exact) mass is 446 g/mol. The molecule has 176 valence electrons. The zero-order valence-corrected chi connectivity index (χ0v) is 20.8. The van der Waals surface area contributed by atoms with Crippen LogP contribution >= 0.6 is 0 Å². The Morgan fingerprint density at radius 1 is 1.06 bits per heavy atom. The second-order valence-electron chi connectivity index (χ2n) is 10.9. The Morgan fingerprint density at radius 2 is 1.79 bits per heavy atom. The van der Waals surface area contributed by atoms with Crippen LogP contribution in [0.5, 0.6) is 0 Å². The van der Waals surface area contributed by atoms with Crippen molar-refractivity contribution in [2.45, 2.75) is 71.6 Å². The van der Waals surface area contributed by atoms with Gasteiger partial charge in [-0.3, -0.25) is 4.79 Å². The van der Waals surface area contributed by atoms with Crippen LogP contribution in [-0.2, 0) is 11.8 Å². The molecule has 0 unspecified atom stereocenters. The third-order valence-electron chi connectivity index (χ3n) is 8.33. The number of rotatable bonds is 5. The second kappa shape index (κ2) is 8.79. The molecule has 2 fully saturated rings. The van der Waals surface area contributed by atoms with E-state index >= 15 is 0 Å². The van der Waals surface area contributed by atoms with Gasteiger partial charge in [0, 0.05) is 41.2 Å². The van der Waals surface area contributed by atoms with Crippen molar-refractivity contribution in [3.05, 3.63) is 57.0 Å². The number of hydrogen-bond donors (Lipinski definition) is 1. The summed E-state index contributed by atoms with van der Waals surface area (Å²) >= 11 is 0. The number of pyridine rings is 1. The van der Waals surface area contributed by atoms with Crippen molar-refractivity contribution in [3.8, 4) is 11.3 Å². The van der Waals surface area contributed by atoms with Gasteiger partial charge in [-0.1, -0.05) is 19.9 Å². The molecule has 0 amide bonds. The predicted molar refractivity (Wildman–Crippen MR) is 136 cm³/mol. The molecule has 3 heterocycles. The number of aromatic nitrogens is 2. The molecule has 2 aliphatic rings. The first-order valence-corrected chi connectivity index (χ1v) is 12.7. The van der Waals surface area contributed by atoms with Gasteiger partial charge in [-0.05, 0) is 92.5 Å². The molecule has 0 radical (unpaired) electrons. The maximum atomic E-state index is 12.4. The van der Waals surface area contributed by atoms with E-state index < -0.39 is 0 Å². The molecule has 5 rings (SSSR count). The van der Waals surface area contributed by atoms with E-state index in [-0.39, 0.29) is 5.56 Å². The molecule has 1 aliphatic carbocycles. The van der Waals surface area contributed by atoms with Gasteiger partial charge in [0.05, 0.1) is 18.9 Å². The molecule has 3 aromatic rings. The van der Waals surface area contributed by atoms with Crippen molar-refractivity contribution in [2.75, 3.05) is 13.2 Å². The molecule has 0 bridgehead atoms. The molecule has 4 heteroatoms. The van der Waals surface area contributed by atoms with Crippen LogP contribution in [0.25, 0.3) is 22.2 Å². The third kappa shape index (κ3) is 4.07. The number of ether oxygens (including phenoxy) is 1. The molecular formula is C29H38N2O2. The summed E-state index contributed by atoms with van der Waals surface area (Å²) in [6.07, 6.45) is 8.67. The van der Waals surface area contributed by atoms with E-state index in [2.05, 4.69) is 44.0 Å². The highest BCUT2D eigenvalue weighted by molar-refractivity contribution is 5.92. The Labute approximate surface area is 197 Å². The average Bonchev–Trinajstić information content (AvgIpc) is 3.16. The molecule has 33 heavy (non-hydrogen) atoms. The Morgan fingerprint density at radius 3 is 2.42 bits per heavy atom. The van der Waals surface area contributed by atoms with Crippen molar-refractivity contribution in [1.29, 1.82) is 0 Å². The zero-order valence-electron chi connectivity index (χ0n) is 20.8. The summed E-state index contributed by atoms with van der Waals surface area (Å²) in [6.45, 7) is 10.5. The van der Waals surface area contributed by atoms with Crippen molar-refractivity contribution < 1.29 is 4.74 Å². The molecule has 0 spiro atoms. The fraction of sp³-hybridized carbons (Fsp3) is 0.552. The topological polar surface area (TPSA) is 47.0 Å². The van der Waals surface area contributed by atoms with Gasteiger partial charge in [0.15, 0.2) is 0 Å². The first kappa shape index (κ1) is 22.5. The maximum absolute atomic E-state index is 12.4. The van der Waals surface area contributed by atoms with Crippen LogP contribution in [0, 0.1) is 25.7 Å². The average molecular weight is 447 g/mol. The predicted octanol–water partition coefficient (Wildman–Crippen LogP) is 6.58. The SMILES string of the molecule is Cc1c(-c2[nH]c3ccc(C4CCC(CC5COC5)CC4)cc3c2C(C)C)cn(C)c(=O)c1C. The first-order chi connectivity index (χ1) is 15.8. The minimum Gasteiger partial charge on any atom is -0.381 e. The van der Waals surface area contributed by atoms with Gasteiger partial charge < -0.3 is 14.3 Å². The van der Waals surface area contributed by atoms with Gasteiger partial charge in [-0.25, -0.2) is 0 Å². The quantitative estimate of drug-likeness (QED) is 0.481. The minimum absolute atomic E-state index is 0.0844. The lowest BCUT2D eigenvalue weighted by molar-refractivity contribution is -0.0448. The lowest BCUT2D eigenvalue weighted by atomic mass is 9.75.